The smallest absolute Gasteiger partial charge is 0.328 e. The van der Waals surface area contributed by atoms with Crippen LogP contribution in [0.15, 0.2) is 30.3 Å². The zero-order chi connectivity index (χ0) is 14.5. The van der Waals surface area contributed by atoms with Gasteiger partial charge in [-0.3, -0.25) is 4.90 Å². The van der Waals surface area contributed by atoms with Gasteiger partial charge in [0.1, 0.15) is 0 Å². The number of carboxylic acid groups (broad SMARTS) is 1. The Labute approximate surface area is 120 Å². The van der Waals surface area contributed by atoms with E-state index in [1.807, 2.05) is 18.2 Å². The number of carbonyl (C=O) groups is 1. The molecule has 2 atom stereocenters. The van der Waals surface area contributed by atoms with E-state index in [4.69, 9.17) is 5.11 Å². The molecular formula is C17H23NO2. The highest BCUT2D eigenvalue weighted by molar-refractivity contribution is 5.85. The Hall–Kier alpha value is -1.61. The maximum Gasteiger partial charge on any atom is 0.328 e. The second-order valence-corrected chi connectivity index (χ2v) is 5.82. The fraction of sp³-hybridized carbons (Fsp3) is 0.471. The molecule has 0 aliphatic carbocycles. The largest absolute Gasteiger partial charge is 0.478 e. The first-order valence-corrected chi connectivity index (χ1v) is 7.29. The molecule has 0 spiro atoms. The van der Waals surface area contributed by atoms with Crippen LogP contribution in [0.5, 0.6) is 0 Å². The Balaban J connectivity index is 2.11. The van der Waals surface area contributed by atoms with E-state index in [1.54, 1.807) is 6.08 Å². The third-order valence-electron chi connectivity index (χ3n) is 4.11. The van der Waals surface area contributed by atoms with Gasteiger partial charge in [0.25, 0.3) is 0 Å². The fourth-order valence-corrected chi connectivity index (χ4v) is 2.91. The lowest BCUT2D eigenvalue weighted by molar-refractivity contribution is -0.131. The average Bonchev–Trinajstić information content (AvgIpc) is 2.41. The summed E-state index contributed by atoms with van der Waals surface area (Å²) in [7, 11) is 0. The van der Waals surface area contributed by atoms with Crippen LogP contribution in [-0.4, -0.2) is 28.6 Å². The lowest BCUT2D eigenvalue weighted by Gasteiger charge is -2.36. The van der Waals surface area contributed by atoms with Gasteiger partial charge in [0.05, 0.1) is 0 Å². The number of carboxylic acids is 1. The summed E-state index contributed by atoms with van der Waals surface area (Å²) in [6.07, 6.45) is 5.39. The Kier molecular flexibility index (Phi) is 4.96. The zero-order valence-electron chi connectivity index (χ0n) is 12.2. The van der Waals surface area contributed by atoms with Gasteiger partial charge in [0, 0.05) is 18.7 Å². The minimum atomic E-state index is -0.903. The Morgan fingerprint density at radius 2 is 2.15 bits per heavy atom. The van der Waals surface area contributed by atoms with Crippen LogP contribution in [0.4, 0.5) is 0 Å². The van der Waals surface area contributed by atoms with Gasteiger partial charge in [-0.05, 0) is 49.4 Å². The van der Waals surface area contributed by atoms with Crippen molar-refractivity contribution in [2.45, 2.75) is 39.3 Å². The third kappa shape index (κ3) is 3.94. The average molecular weight is 273 g/mol. The summed E-state index contributed by atoms with van der Waals surface area (Å²) in [5.74, 6) is -0.0941. The minimum Gasteiger partial charge on any atom is -0.478 e. The van der Waals surface area contributed by atoms with Crippen molar-refractivity contribution in [2.24, 2.45) is 5.92 Å². The van der Waals surface area contributed by atoms with Crippen molar-refractivity contribution in [3.63, 3.8) is 0 Å². The van der Waals surface area contributed by atoms with Crippen molar-refractivity contribution >= 4 is 12.0 Å². The summed E-state index contributed by atoms with van der Waals surface area (Å²) in [4.78, 5) is 13.2. The first kappa shape index (κ1) is 14.8. The van der Waals surface area contributed by atoms with Crippen molar-refractivity contribution in [3.05, 3.63) is 41.5 Å². The highest BCUT2D eigenvalue weighted by Gasteiger charge is 2.22. The van der Waals surface area contributed by atoms with Crippen LogP contribution in [0.3, 0.4) is 0 Å². The highest BCUT2D eigenvalue weighted by atomic mass is 16.4. The van der Waals surface area contributed by atoms with E-state index >= 15 is 0 Å². The van der Waals surface area contributed by atoms with Crippen LogP contribution in [0.2, 0.25) is 0 Å². The van der Waals surface area contributed by atoms with Crippen LogP contribution in [0.1, 0.15) is 37.8 Å². The van der Waals surface area contributed by atoms with Gasteiger partial charge in [0.2, 0.25) is 0 Å². The van der Waals surface area contributed by atoms with Gasteiger partial charge in [-0.25, -0.2) is 4.79 Å². The summed E-state index contributed by atoms with van der Waals surface area (Å²) < 4.78 is 0. The van der Waals surface area contributed by atoms with Crippen LogP contribution < -0.4 is 0 Å². The molecule has 1 aromatic carbocycles. The quantitative estimate of drug-likeness (QED) is 0.855. The molecule has 1 aliphatic heterocycles. The predicted molar refractivity (Wildman–Crippen MR) is 81.4 cm³/mol. The lowest BCUT2D eigenvalue weighted by atomic mass is 9.92. The van der Waals surface area contributed by atoms with Crippen LogP contribution >= 0.6 is 0 Å². The summed E-state index contributed by atoms with van der Waals surface area (Å²) in [5.41, 5.74) is 2.20. The maximum absolute atomic E-state index is 10.7. The van der Waals surface area contributed by atoms with Gasteiger partial charge in [-0.1, -0.05) is 31.2 Å². The number of rotatable bonds is 4. The molecule has 20 heavy (non-hydrogen) atoms. The molecule has 0 saturated carbocycles. The summed E-state index contributed by atoms with van der Waals surface area (Å²) in [6.45, 7) is 6.62. The van der Waals surface area contributed by atoms with E-state index in [1.165, 1.54) is 24.5 Å². The molecule has 2 rings (SSSR count). The molecule has 3 nitrogen and oxygen atoms in total. The monoisotopic (exact) mass is 273 g/mol. The lowest BCUT2D eigenvalue weighted by Crippen LogP contribution is -2.39. The van der Waals surface area contributed by atoms with Crippen molar-refractivity contribution in [3.8, 4) is 0 Å². The van der Waals surface area contributed by atoms with Crippen LogP contribution in [0.25, 0.3) is 6.08 Å². The number of aliphatic carboxylic acids is 1. The van der Waals surface area contributed by atoms with Gasteiger partial charge in [-0.2, -0.15) is 0 Å². The Morgan fingerprint density at radius 3 is 2.85 bits per heavy atom. The Morgan fingerprint density at radius 1 is 1.40 bits per heavy atom. The Bertz CT molecular complexity index is 496. The molecule has 108 valence electrons. The van der Waals surface area contributed by atoms with Crippen molar-refractivity contribution in [2.75, 3.05) is 6.54 Å². The number of likely N-dealkylation sites (tertiary alicyclic amines) is 1. The molecule has 0 bridgehead atoms. The molecule has 1 heterocycles. The summed E-state index contributed by atoms with van der Waals surface area (Å²) in [6, 6.07) is 8.63. The molecule has 1 saturated heterocycles. The predicted octanol–water partition coefficient (Wildman–Crippen LogP) is 3.40. The van der Waals surface area contributed by atoms with Gasteiger partial charge in [-0.15, -0.1) is 0 Å². The molecule has 2 unspecified atom stereocenters. The van der Waals surface area contributed by atoms with Crippen LogP contribution in [0, 0.1) is 5.92 Å². The summed E-state index contributed by atoms with van der Waals surface area (Å²) >= 11 is 0. The standard InChI is InChI=1S/C17H23NO2/c1-13-9-10-18(14(2)11-13)12-16-6-4-3-5-15(16)7-8-17(19)20/h3-8,13-14H,9-12H2,1-2H3,(H,19,20). The van der Waals surface area contributed by atoms with Crippen molar-refractivity contribution in [1.29, 1.82) is 0 Å². The molecule has 1 N–H and O–H groups in total. The van der Waals surface area contributed by atoms with E-state index < -0.39 is 5.97 Å². The molecule has 1 aliphatic rings. The van der Waals surface area contributed by atoms with Crippen LogP contribution in [-0.2, 0) is 11.3 Å². The SMILES string of the molecule is CC1CCN(Cc2ccccc2C=CC(=O)O)C(C)C1. The molecule has 0 radical (unpaired) electrons. The minimum absolute atomic E-state index is 0.593. The van der Waals surface area contributed by atoms with Gasteiger partial charge >= 0.3 is 5.97 Å². The van der Waals surface area contributed by atoms with E-state index in [0.29, 0.717) is 6.04 Å². The molecule has 3 heteroatoms. The molecule has 0 amide bonds. The van der Waals surface area contributed by atoms with E-state index in [2.05, 4.69) is 24.8 Å². The topological polar surface area (TPSA) is 40.5 Å². The first-order valence-electron chi connectivity index (χ1n) is 7.29. The normalized spacial score (nSPS) is 24.1. The number of benzene rings is 1. The summed E-state index contributed by atoms with van der Waals surface area (Å²) in [5, 5.41) is 8.76. The van der Waals surface area contributed by atoms with Crippen molar-refractivity contribution < 1.29 is 9.90 Å². The third-order valence-corrected chi connectivity index (χ3v) is 4.11. The first-order chi connectivity index (χ1) is 9.56. The number of nitrogens with zero attached hydrogens (tertiary/aromatic N) is 1. The molecular weight excluding hydrogens is 250 g/mol. The van der Waals surface area contributed by atoms with E-state index in [-0.39, 0.29) is 0 Å². The number of hydrogen-bond donors (Lipinski definition) is 1. The highest BCUT2D eigenvalue weighted by Crippen LogP contribution is 2.24. The molecule has 1 aromatic rings. The zero-order valence-corrected chi connectivity index (χ0v) is 12.2. The van der Waals surface area contributed by atoms with Gasteiger partial charge < -0.3 is 5.11 Å². The second kappa shape index (κ2) is 6.71. The fourth-order valence-electron chi connectivity index (χ4n) is 2.91. The maximum atomic E-state index is 10.7. The van der Waals surface area contributed by atoms with Gasteiger partial charge in [0.15, 0.2) is 0 Å². The molecule has 1 fully saturated rings. The van der Waals surface area contributed by atoms with E-state index in [0.717, 1.165) is 24.6 Å². The molecule has 0 aromatic heterocycles. The second-order valence-electron chi connectivity index (χ2n) is 5.82. The van der Waals surface area contributed by atoms with E-state index in [9.17, 15) is 4.79 Å². The van der Waals surface area contributed by atoms with Crippen molar-refractivity contribution in [1.82, 2.24) is 4.90 Å². The number of piperidine rings is 1. The number of hydrogen-bond acceptors (Lipinski definition) is 2.